The monoisotopic (exact) mass is 329 g/mol. The number of carbonyl (C=O) groups excluding carboxylic acids is 2. The van der Waals surface area contributed by atoms with E-state index in [1.165, 1.54) is 0 Å². The van der Waals surface area contributed by atoms with Crippen molar-refractivity contribution in [2.45, 2.75) is 26.7 Å². The van der Waals surface area contributed by atoms with Gasteiger partial charge < -0.3 is 10.2 Å². The summed E-state index contributed by atoms with van der Waals surface area (Å²) < 4.78 is 0. The number of carbonyl (C=O) groups is 2. The van der Waals surface area contributed by atoms with E-state index in [9.17, 15) is 9.59 Å². The van der Waals surface area contributed by atoms with E-state index in [0.29, 0.717) is 11.5 Å². The van der Waals surface area contributed by atoms with Gasteiger partial charge in [-0.05, 0) is 37.0 Å². The number of piperazine rings is 1. The molecule has 0 atom stereocenters. The highest BCUT2D eigenvalue weighted by molar-refractivity contribution is 5.98. The second-order valence-corrected chi connectivity index (χ2v) is 7.33. The van der Waals surface area contributed by atoms with Crippen LogP contribution in [0.2, 0.25) is 0 Å². The van der Waals surface area contributed by atoms with Gasteiger partial charge in [-0.1, -0.05) is 19.9 Å². The second-order valence-electron chi connectivity index (χ2n) is 7.33. The van der Waals surface area contributed by atoms with Gasteiger partial charge in [-0.15, -0.1) is 0 Å². The number of hydrogen-bond acceptors (Lipinski definition) is 3. The highest BCUT2D eigenvalue weighted by Gasteiger charge is 2.29. The molecule has 0 radical (unpaired) electrons. The Bertz CT molecular complexity index is 602. The van der Waals surface area contributed by atoms with Crippen LogP contribution < -0.4 is 5.32 Å². The number of anilines is 1. The Morgan fingerprint density at radius 2 is 1.88 bits per heavy atom. The van der Waals surface area contributed by atoms with E-state index < -0.39 is 0 Å². The largest absolute Gasteiger partial charge is 0.336 e. The van der Waals surface area contributed by atoms with Crippen LogP contribution in [0.3, 0.4) is 0 Å². The van der Waals surface area contributed by atoms with Gasteiger partial charge in [0.2, 0.25) is 5.91 Å². The lowest BCUT2D eigenvalue weighted by atomic mass is 10.1. The van der Waals surface area contributed by atoms with E-state index in [1.807, 2.05) is 23.1 Å². The summed E-state index contributed by atoms with van der Waals surface area (Å²) in [6, 6.07) is 7.31. The normalized spacial score (nSPS) is 18.7. The first-order chi connectivity index (χ1) is 11.5. The summed E-state index contributed by atoms with van der Waals surface area (Å²) in [4.78, 5) is 28.9. The Morgan fingerprint density at radius 3 is 2.50 bits per heavy atom. The number of amides is 2. The van der Waals surface area contributed by atoms with Crippen LogP contribution in [0, 0.1) is 11.8 Å². The quantitative estimate of drug-likeness (QED) is 0.903. The summed E-state index contributed by atoms with van der Waals surface area (Å²) in [5.74, 6) is 0.945. The summed E-state index contributed by atoms with van der Waals surface area (Å²) >= 11 is 0. The molecule has 2 aliphatic rings. The van der Waals surface area contributed by atoms with E-state index in [-0.39, 0.29) is 17.7 Å². The van der Waals surface area contributed by atoms with E-state index in [1.54, 1.807) is 6.07 Å². The van der Waals surface area contributed by atoms with Crippen molar-refractivity contribution in [2.75, 3.05) is 38.0 Å². The molecule has 1 aromatic carbocycles. The van der Waals surface area contributed by atoms with Crippen molar-refractivity contribution in [1.29, 1.82) is 0 Å². The molecule has 1 N–H and O–H groups in total. The summed E-state index contributed by atoms with van der Waals surface area (Å²) in [6.07, 6.45) is 1.95. The Hall–Kier alpha value is -1.88. The molecule has 0 aromatic heterocycles. The second kappa shape index (κ2) is 7.34. The number of hydrogen-bond donors (Lipinski definition) is 1. The van der Waals surface area contributed by atoms with Crippen LogP contribution in [-0.2, 0) is 4.79 Å². The maximum Gasteiger partial charge on any atom is 0.254 e. The van der Waals surface area contributed by atoms with E-state index in [4.69, 9.17) is 0 Å². The topological polar surface area (TPSA) is 52.6 Å². The molecule has 5 heteroatoms. The maximum absolute atomic E-state index is 12.7. The Kier molecular flexibility index (Phi) is 5.19. The third kappa shape index (κ3) is 4.35. The molecule has 1 aliphatic carbocycles. The average molecular weight is 329 g/mol. The molecule has 0 unspecified atom stereocenters. The van der Waals surface area contributed by atoms with Crippen LogP contribution >= 0.6 is 0 Å². The van der Waals surface area contributed by atoms with Gasteiger partial charge in [0.25, 0.3) is 5.91 Å². The molecule has 24 heavy (non-hydrogen) atoms. The van der Waals surface area contributed by atoms with Crippen molar-refractivity contribution in [3.8, 4) is 0 Å². The van der Waals surface area contributed by atoms with Crippen molar-refractivity contribution >= 4 is 17.5 Å². The van der Waals surface area contributed by atoms with Crippen molar-refractivity contribution < 1.29 is 9.59 Å². The highest BCUT2D eigenvalue weighted by atomic mass is 16.2. The first kappa shape index (κ1) is 17.0. The van der Waals surface area contributed by atoms with Crippen LogP contribution in [0.1, 0.15) is 37.0 Å². The smallest absolute Gasteiger partial charge is 0.254 e. The lowest BCUT2D eigenvalue weighted by molar-refractivity contribution is -0.117. The Labute approximate surface area is 144 Å². The third-order valence-electron chi connectivity index (χ3n) is 4.61. The molecule has 130 valence electrons. The fourth-order valence-electron chi connectivity index (χ4n) is 3.15. The zero-order chi connectivity index (χ0) is 17.1. The molecule has 1 aliphatic heterocycles. The molecule has 1 saturated carbocycles. The fourth-order valence-corrected chi connectivity index (χ4v) is 3.15. The molecule has 1 heterocycles. The minimum absolute atomic E-state index is 0.0571. The number of nitrogens with zero attached hydrogens (tertiary/aromatic N) is 2. The van der Waals surface area contributed by atoms with Crippen LogP contribution in [0.5, 0.6) is 0 Å². The molecule has 1 aromatic rings. The predicted molar refractivity (Wildman–Crippen MR) is 95.0 cm³/mol. The maximum atomic E-state index is 12.7. The molecular formula is C19H27N3O2. The summed E-state index contributed by atoms with van der Waals surface area (Å²) in [5.41, 5.74) is 1.37. The van der Waals surface area contributed by atoms with Crippen LogP contribution in [0.25, 0.3) is 0 Å². The number of rotatable bonds is 5. The zero-order valence-electron chi connectivity index (χ0n) is 14.6. The molecule has 2 amide bonds. The van der Waals surface area contributed by atoms with Gasteiger partial charge in [-0.25, -0.2) is 0 Å². The van der Waals surface area contributed by atoms with Crippen molar-refractivity contribution in [2.24, 2.45) is 11.8 Å². The third-order valence-corrected chi connectivity index (χ3v) is 4.61. The summed E-state index contributed by atoms with van der Waals surface area (Å²) in [7, 11) is 0. The zero-order valence-corrected chi connectivity index (χ0v) is 14.6. The van der Waals surface area contributed by atoms with Gasteiger partial charge >= 0.3 is 0 Å². The lowest BCUT2D eigenvalue weighted by Crippen LogP contribution is -2.49. The highest BCUT2D eigenvalue weighted by Crippen LogP contribution is 2.30. The Morgan fingerprint density at radius 1 is 1.17 bits per heavy atom. The molecule has 1 saturated heterocycles. The van der Waals surface area contributed by atoms with Crippen molar-refractivity contribution in [3.63, 3.8) is 0 Å². The number of nitrogens with one attached hydrogen (secondary N) is 1. The van der Waals surface area contributed by atoms with Gasteiger partial charge in [0, 0.05) is 49.9 Å². The van der Waals surface area contributed by atoms with Crippen molar-refractivity contribution in [3.05, 3.63) is 29.8 Å². The summed E-state index contributed by atoms with van der Waals surface area (Å²) in [5, 5.41) is 2.91. The standard InChI is InChI=1S/C19H27N3O2/c1-14(2)13-21-8-10-22(11-9-21)19(24)16-4-3-5-17(12-16)20-18(23)15-6-7-15/h3-5,12,14-15H,6-11,13H2,1-2H3,(H,20,23). The van der Waals surface area contributed by atoms with Gasteiger partial charge in [0.05, 0.1) is 0 Å². The minimum Gasteiger partial charge on any atom is -0.336 e. The van der Waals surface area contributed by atoms with Crippen LogP contribution in [0.15, 0.2) is 24.3 Å². The molecule has 5 nitrogen and oxygen atoms in total. The number of benzene rings is 1. The fraction of sp³-hybridized carbons (Fsp3) is 0.579. The van der Waals surface area contributed by atoms with E-state index >= 15 is 0 Å². The average Bonchev–Trinajstić information content (AvgIpc) is 3.39. The minimum atomic E-state index is 0.0571. The molecule has 2 fully saturated rings. The lowest BCUT2D eigenvalue weighted by Gasteiger charge is -2.35. The van der Waals surface area contributed by atoms with Crippen molar-refractivity contribution in [1.82, 2.24) is 9.80 Å². The SMILES string of the molecule is CC(C)CN1CCN(C(=O)c2cccc(NC(=O)C3CC3)c2)CC1. The van der Waals surface area contributed by atoms with Crippen LogP contribution in [-0.4, -0.2) is 54.3 Å². The van der Waals surface area contributed by atoms with Gasteiger partial charge in [-0.2, -0.15) is 0 Å². The Balaban J connectivity index is 1.58. The molecule has 0 bridgehead atoms. The molecule has 0 spiro atoms. The first-order valence-corrected chi connectivity index (χ1v) is 8.95. The van der Waals surface area contributed by atoms with Gasteiger partial charge in [-0.3, -0.25) is 14.5 Å². The summed E-state index contributed by atoms with van der Waals surface area (Å²) in [6.45, 7) is 8.93. The molecular weight excluding hydrogens is 302 g/mol. The first-order valence-electron chi connectivity index (χ1n) is 8.95. The van der Waals surface area contributed by atoms with Gasteiger partial charge in [0.15, 0.2) is 0 Å². The van der Waals surface area contributed by atoms with Gasteiger partial charge in [0.1, 0.15) is 0 Å². The van der Waals surface area contributed by atoms with Crippen LogP contribution in [0.4, 0.5) is 5.69 Å². The van der Waals surface area contributed by atoms with E-state index in [0.717, 1.165) is 51.3 Å². The van der Waals surface area contributed by atoms with E-state index in [2.05, 4.69) is 24.1 Å². The predicted octanol–water partition coefficient (Wildman–Crippen LogP) is 2.45. The molecule has 3 rings (SSSR count).